The van der Waals surface area contributed by atoms with Crippen LogP contribution in [0.15, 0.2) is 47.8 Å². The number of hydrogen-bond acceptors (Lipinski definition) is 4. The zero-order valence-corrected chi connectivity index (χ0v) is 11.4. The molecule has 0 fully saturated rings. The molecule has 1 aromatic carbocycles. The minimum atomic E-state index is -4.43. The summed E-state index contributed by atoms with van der Waals surface area (Å²) in [7, 11) is 0. The average molecular weight is 313 g/mol. The Morgan fingerprint density at radius 2 is 1.82 bits per heavy atom. The molecule has 2 rings (SSSR count). The van der Waals surface area contributed by atoms with Gasteiger partial charge in [-0.1, -0.05) is 12.1 Å². The van der Waals surface area contributed by atoms with Crippen LogP contribution in [0.25, 0.3) is 0 Å². The monoisotopic (exact) mass is 313 g/mol. The maximum atomic E-state index is 12.5. The summed E-state index contributed by atoms with van der Waals surface area (Å²) >= 11 is 0. The Morgan fingerprint density at radius 3 is 2.32 bits per heavy atom. The summed E-state index contributed by atoms with van der Waals surface area (Å²) in [5.41, 5.74) is 10.3. The summed E-state index contributed by atoms with van der Waals surface area (Å²) < 4.78 is 37.6. The lowest BCUT2D eigenvalue weighted by atomic mass is 9.81. The molecule has 22 heavy (non-hydrogen) atoms. The van der Waals surface area contributed by atoms with Crippen molar-refractivity contribution < 1.29 is 18.1 Å². The maximum Gasteiger partial charge on any atom is 0.416 e. The second-order valence-electron chi connectivity index (χ2n) is 5.25. The highest BCUT2D eigenvalue weighted by Gasteiger charge is 2.41. The molecule has 0 saturated heterocycles. The fraction of sp³-hybridized carbons (Fsp3) is 0.286. The van der Waals surface area contributed by atoms with Crippen LogP contribution in [0.3, 0.4) is 0 Å². The molecule has 0 bridgehead atoms. The standard InChI is InChI=1S/C14H14F3N3O2/c15-14(16,17)10-3-1-9(2-4-10)7-13(19)8-11(18)5-6-12(13)20(21)22/h1-6H,7-8,18-19H2. The van der Waals surface area contributed by atoms with Gasteiger partial charge in [-0.3, -0.25) is 10.1 Å². The van der Waals surface area contributed by atoms with Gasteiger partial charge in [-0.15, -0.1) is 0 Å². The Hall–Kier alpha value is -2.35. The Bertz CT molecular complexity index is 650. The fourth-order valence-corrected chi connectivity index (χ4v) is 2.44. The van der Waals surface area contributed by atoms with Crippen LogP contribution >= 0.6 is 0 Å². The van der Waals surface area contributed by atoms with E-state index in [9.17, 15) is 23.3 Å². The molecule has 0 amide bonds. The summed E-state index contributed by atoms with van der Waals surface area (Å²) in [5, 5.41) is 11.1. The Balaban J connectivity index is 2.27. The van der Waals surface area contributed by atoms with E-state index in [0.717, 1.165) is 12.1 Å². The number of hydrogen-bond donors (Lipinski definition) is 2. The van der Waals surface area contributed by atoms with Crippen LogP contribution in [0.4, 0.5) is 13.2 Å². The molecule has 0 saturated carbocycles. The van der Waals surface area contributed by atoms with Crippen LogP contribution in [-0.4, -0.2) is 10.5 Å². The molecule has 0 aliphatic heterocycles. The van der Waals surface area contributed by atoms with E-state index in [1.807, 2.05) is 0 Å². The third kappa shape index (κ3) is 3.28. The molecule has 1 aliphatic rings. The van der Waals surface area contributed by atoms with Gasteiger partial charge < -0.3 is 11.5 Å². The van der Waals surface area contributed by atoms with E-state index in [1.54, 1.807) is 0 Å². The summed E-state index contributed by atoms with van der Waals surface area (Å²) in [6.07, 6.45) is -1.69. The number of rotatable bonds is 3. The van der Waals surface area contributed by atoms with Crippen LogP contribution in [-0.2, 0) is 12.6 Å². The van der Waals surface area contributed by atoms with Gasteiger partial charge in [0.1, 0.15) is 5.54 Å². The molecule has 8 heteroatoms. The first-order valence-corrected chi connectivity index (χ1v) is 6.38. The van der Waals surface area contributed by atoms with E-state index in [1.165, 1.54) is 24.3 Å². The molecule has 0 aromatic heterocycles. The SMILES string of the molecule is NC1=CC=C([N+](=O)[O-])C(N)(Cc2ccc(C(F)(F)F)cc2)C1. The first-order valence-electron chi connectivity index (χ1n) is 6.38. The third-order valence-electron chi connectivity index (χ3n) is 3.48. The van der Waals surface area contributed by atoms with Crippen LogP contribution in [0.1, 0.15) is 17.5 Å². The van der Waals surface area contributed by atoms with Crippen molar-refractivity contribution in [2.24, 2.45) is 11.5 Å². The molecule has 0 heterocycles. The normalized spacial score (nSPS) is 22.0. The third-order valence-corrected chi connectivity index (χ3v) is 3.48. The van der Waals surface area contributed by atoms with Gasteiger partial charge >= 0.3 is 6.18 Å². The van der Waals surface area contributed by atoms with Crippen molar-refractivity contribution in [1.29, 1.82) is 0 Å². The lowest BCUT2D eigenvalue weighted by Gasteiger charge is -2.29. The largest absolute Gasteiger partial charge is 0.416 e. The highest BCUT2D eigenvalue weighted by molar-refractivity contribution is 5.34. The number of nitro groups is 1. The minimum absolute atomic E-state index is 0.0203. The van der Waals surface area contributed by atoms with E-state index < -0.39 is 22.2 Å². The van der Waals surface area contributed by atoms with Crippen molar-refractivity contribution >= 4 is 0 Å². The summed E-state index contributed by atoms with van der Waals surface area (Å²) in [6.45, 7) is 0. The van der Waals surface area contributed by atoms with E-state index in [4.69, 9.17) is 11.5 Å². The molecule has 1 unspecified atom stereocenters. The second-order valence-corrected chi connectivity index (χ2v) is 5.25. The maximum absolute atomic E-state index is 12.5. The average Bonchev–Trinajstić information content (AvgIpc) is 2.37. The van der Waals surface area contributed by atoms with Crippen molar-refractivity contribution in [3.05, 3.63) is 69.1 Å². The number of benzene rings is 1. The smallest absolute Gasteiger partial charge is 0.402 e. The van der Waals surface area contributed by atoms with Crippen molar-refractivity contribution in [3.8, 4) is 0 Å². The molecule has 4 N–H and O–H groups in total. The molecule has 1 aliphatic carbocycles. The predicted octanol–water partition coefficient (Wildman–Crippen LogP) is 2.35. The number of allylic oxidation sites excluding steroid dienone is 2. The quantitative estimate of drug-likeness (QED) is 0.661. The van der Waals surface area contributed by atoms with Gasteiger partial charge in [0.15, 0.2) is 0 Å². The van der Waals surface area contributed by atoms with Crippen molar-refractivity contribution in [2.45, 2.75) is 24.6 Å². The van der Waals surface area contributed by atoms with Crippen molar-refractivity contribution in [2.75, 3.05) is 0 Å². The lowest BCUT2D eigenvalue weighted by molar-refractivity contribution is -0.435. The fourth-order valence-electron chi connectivity index (χ4n) is 2.44. The first kappa shape index (κ1) is 16.0. The highest BCUT2D eigenvalue weighted by atomic mass is 19.4. The van der Waals surface area contributed by atoms with Crippen LogP contribution < -0.4 is 11.5 Å². The first-order chi connectivity index (χ1) is 10.1. The molecular formula is C14H14F3N3O2. The Morgan fingerprint density at radius 1 is 1.23 bits per heavy atom. The van der Waals surface area contributed by atoms with E-state index in [2.05, 4.69) is 0 Å². The van der Waals surface area contributed by atoms with Gasteiger partial charge in [0.05, 0.1) is 10.5 Å². The Kier molecular flexibility index (Phi) is 3.97. The Labute approximate surface area is 124 Å². The van der Waals surface area contributed by atoms with E-state index >= 15 is 0 Å². The number of halogens is 3. The lowest BCUT2D eigenvalue weighted by Crippen LogP contribution is -2.48. The minimum Gasteiger partial charge on any atom is -0.402 e. The van der Waals surface area contributed by atoms with Crippen molar-refractivity contribution in [1.82, 2.24) is 0 Å². The van der Waals surface area contributed by atoms with Crippen LogP contribution in [0, 0.1) is 10.1 Å². The van der Waals surface area contributed by atoms with Gasteiger partial charge in [-0.25, -0.2) is 0 Å². The van der Waals surface area contributed by atoms with Gasteiger partial charge in [0.2, 0.25) is 0 Å². The number of nitrogens with zero attached hydrogens (tertiary/aromatic N) is 1. The topological polar surface area (TPSA) is 95.2 Å². The zero-order chi connectivity index (χ0) is 16.5. The molecule has 118 valence electrons. The van der Waals surface area contributed by atoms with Gasteiger partial charge in [-0.05, 0) is 23.8 Å². The number of alkyl halides is 3. The van der Waals surface area contributed by atoms with Gasteiger partial charge in [0, 0.05) is 24.6 Å². The molecular weight excluding hydrogens is 299 g/mol. The molecule has 1 atom stereocenters. The summed E-state index contributed by atoms with van der Waals surface area (Å²) in [5.74, 6) is 0. The van der Waals surface area contributed by atoms with Crippen LogP contribution in [0.5, 0.6) is 0 Å². The molecule has 0 radical (unpaired) electrons. The highest BCUT2D eigenvalue weighted by Crippen LogP contribution is 2.32. The summed E-state index contributed by atoms with van der Waals surface area (Å²) in [6, 6.07) is 4.39. The second kappa shape index (κ2) is 5.45. The summed E-state index contributed by atoms with van der Waals surface area (Å²) in [4.78, 5) is 10.5. The predicted molar refractivity (Wildman–Crippen MR) is 74.0 cm³/mol. The van der Waals surface area contributed by atoms with Gasteiger partial charge in [-0.2, -0.15) is 13.2 Å². The van der Waals surface area contributed by atoms with Crippen molar-refractivity contribution in [3.63, 3.8) is 0 Å². The molecule has 0 spiro atoms. The molecule has 1 aromatic rings. The van der Waals surface area contributed by atoms with Gasteiger partial charge in [0.25, 0.3) is 5.70 Å². The van der Waals surface area contributed by atoms with E-state index in [-0.39, 0.29) is 18.5 Å². The number of nitrogens with two attached hydrogens (primary N) is 2. The molecule has 5 nitrogen and oxygen atoms in total. The zero-order valence-electron chi connectivity index (χ0n) is 11.4. The van der Waals surface area contributed by atoms with E-state index in [0.29, 0.717) is 11.3 Å². The van der Waals surface area contributed by atoms with Crippen LogP contribution in [0.2, 0.25) is 0 Å².